The van der Waals surface area contributed by atoms with Crippen LogP contribution in [0.3, 0.4) is 0 Å². The second-order valence-corrected chi connectivity index (χ2v) is 9.61. The molecule has 2 rings (SSSR count). The van der Waals surface area contributed by atoms with E-state index in [2.05, 4.69) is 11.9 Å². The van der Waals surface area contributed by atoms with Gasteiger partial charge >= 0.3 is 0 Å². The maximum Gasteiger partial charge on any atom is 0.245 e. The zero-order valence-corrected chi connectivity index (χ0v) is 18.9. The van der Waals surface area contributed by atoms with Crippen molar-refractivity contribution in [3.63, 3.8) is 0 Å². The molecule has 1 aliphatic carbocycles. The van der Waals surface area contributed by atoms with Crippen LogP contribution < -0.4 is 11.1 Å². The van der Waals surface area contributed by atoms with Gasteiger partial charge in [-0.3, -0.25) is 14.4 Å². The van der Waals surface area contributed by atoms with Crippen molar-refractivity contribution < 1.29 is 14.4 Å². The SMILES string of the molecule is C=CC[C@H](C(N)=O)[C@@H](CC(C)C)C(=O)N[C@H]1CCCCN(CC2CCCCC2)C1=O. The van der Waals surface area contributed by atoms with E-state index in [1.807, 2.05) is 18.7 Å². The first-order valence-electron chi connectivity index (χ1n) is 11.8. The Morgan fingerprint density at radius 2 is 1.80 bits per heavy atom. The average molecular weight is 420 g/mol. The first kappa shape index (κ1) is 24.4. The number of carbonyl (C=O) groups excluding carboxylic acids is 3. The molecule has 0 aromatic rings. The highest BCUT2D eigenvalue weighted by molar-refractivity contribution is 5.91. The van der Waals surface area contributed by atoms with Crippen LogP contribution in [0.5, 0.6) is 0 Å². The van der Waals surface area contributed by atoms with Crippen LogP contribution in [0, 0.1) is 23.7 Å². The molecule has 2 aliphatic rings. The van der Waals surface area contributed by atoms with Crippen LogP contribution in [0.1, 0.15) is 78.1 Å². The molecule has 6 heteroatoms. The van der Waals surface area contributed by atoms with Crippen molar-refractivity contribution in [2.75, 3.05) is 13.1 Å². The van der Waals surface area contributed by atoms with E-state index in [0.717, 1.165) is 25.9 Å². The van der Waals surface area contributed by atoms with Crippen LogP contribution in [0.25, 0.3) is 0 Å². The Morgan fingerprint density at radius 1 is 1.13 bits per heavy atom. The summed E-state index contributed by atoms with van der Waals surface area (Å²) in [6.07, 6.45) is 11.3. The number of nitrogens with one attached hydrogen (secondary N) is 1. The quantitative estimate of drug-likeness (QED) is 0.532. The van der Waals surface area contributed by atoms with Gasteiger partial charge in [0, 0.05) is 13.1 Å². The molecule has 1 aliphatic heterocycles. The number of likely N-dealkylation sites (tertiary alicyclic amines) is 1. The predicted molar refractivity (Wildman–Crippen MR) is 119 cm³/mol. The first-order chi connectivity index (χ1) is 14.3. The first-order valence-corrected chi connectivity index (χ1v) is 11.8. The van der Waals surface area contributed by atoms with E-state index in [1.165, 1.54) is 32.1 Å². The summed E-state index contributed by atoms with van der Waals surface area (Å²) in [6, 6.07) is -0.504. The minimum Gasteiger partial charge on any atom is -0.369 e. The summed E-state index contributed by atoms with van der Waals surface area (Å²) in [5, 5.41) is 3.00. The molecule has 6 nitrogen and oxygen atoms in total. The molecule has 30 heavy (non-hydrogen) atoms. The third-order valence-corrected chi connectivity index (χ3v) is 6.63. The molecule has 170 valence electrons. The summed E-state index contributed by atoms with van der Waals surface area (Å²) in [7, 11) is 0. The van der Waals surface area contributed by atoms with E-state index in [9.17, 15) is 14.4 Å². The fourth-order valence-corrected chi connectivity index (χ4v) is 5.00. The number of amides is 3. The number of carbonyl (C=O) groups is 3. The molecule has 3 amide bonds. The number of rotatable bonds is 10. The van der Waals surface area contributed by atoms with E-state index >= 15 is 0 Å². The van der Waals surface area contributed by atoms with Crippen molar-refractivity contribution in [3.05, 3.63) is 12.7 Å². The lowest BCUT2D eigenvalue weighted by molar-refractivity contribution is -0.139. The second-order valence-electron chi connectivity index (χ2n) is 9.61. The molecule has 1 heterocycles. The lowest BCUT2D eigenvalue weighted by Gasteiger charge is -2.32. The van der Waals surface area contributed by atoms with E-state index in [1.54, 1.807) is 6.08 Å². The number of nitrogens with two attached hydrogens (primary N) is 1. The molecule has 0 radical (unpaired) electrons. The van der Waals surface area contributed by atoms with Gasteiger partial charge in [0.2, 0.25) is 17.7 Å². The van der Waals surface area contributed by atoms with Gasteiger partial charge in [-0.25, -0.2) is 0 Å². The number of hydrogen-bond donors (Lipinski definition) is 2. The van der Waals surface area contributed by atoms with Crippen LogP contribution in [0.2, 0.25) is 0 Å². The standard InChI is InChI=1S/C24H41N3O3/c1-4-10-19(22(25)28)20(15-17(2)3)23(29)26-21-13-8-9-14-27(24(21)30)16-18-11-6-5-7-12-18/h4,17-21H,1,5-16H2,2-3H3,(H2,25,28)(H,26,29)/t19-,20+,21-/m0/s1. The Kier molecular flexibility index (Phi) is 9.86. The van der Waals surface area contributed by atoms with Gasteiger partial charge in [0.25, 0.3) is 0 Å². The van der Waals surface area contributed by atoms with Crippen LogP contribution in [-0.2, 0) is 14.4 Å². The van der Waals surface area contributed by atoms with Crippen molar-refractivity contribution >= 4 is 17.7 Å². The Balaban J connectivity index is 2.08. The molecule has 3 atom stereocenters. The minimum atomic E-state index is -0.593. The summed E-state index contributed by atoms with van der Waals surface area (Å²) in [5.41, 5.74) is 5.61. The fraction of sp³-hybridized carbons (Fsp3) is 0.792. The predicted octanol–water partition coefficient (Wildman–Crippen LogP) is 3.40. The van der Waals surface area contributed by atoms with Gasteiger partial charge in [-0.05, 0) is 56.8 Å². The molecular formula is C24H41N3O3. The summed E-state index contributed by atoms with van der Waals surface area (Å²) >= 11 is 0. The van der Waals surface area contributed by atoms with Crippen molar-refractivity contribution in [2.45, 2.75) is 84.1 Å². The zero-order valence-electron chi connectivity index (χ0n) is 18.9. The molecule has 0 aromatic carbocycles. The normalized spacial score (nSPS) is 23.0. The van der Waals surface area contributed by atoms with E-state index in [4.69, 9.17) is 5.73 Å². The largest absolute Gasteiger partial charge is 0.369 e. The molecule has 0 aromatic heterocycles. The Bertz CT molecular complexity index is 599. The second kappa shape index (κ2) is 12.1. The number of primary amides is 1. The van der Waals surface area contributed by atoms with Crippen molar-refractivity contribution in [3.8, 4) is 0 Å². The van der Waals surface area contributed by atoms with Crippen molar-refractivity contribution in [1.29, 1.82) is 0 Å². The maximum absolute atomic E-state index is 13.2. The lowest BCUT2D eigenvalue weighted by atomic mass is 9.82. The van der Waals surface area contributed by atoms with Crippen LogP contribution in [0.4, 0.5) is 0 Å². The number of allylic oxidation sites excluding steroid dienone is 1. The highest BCUT2D eigenvalue weighted by atomic mass is 16.2. The molecule has 1 saturated heterocycles. The average Bonchev–Trinajstić information content (AvgIpc) is 2.87. The zero-order chi connectivity index (χ0) is 22.1. The lowest BCUT2D eigenvalue weighted by Crippen LogP contribution is -2.51. The summed E-state index contributed by atoms with van der Waals surface area (Å²) < 4.78 is 0. The van der Waals surface area contributed by atoms with Crippen LogP contribution >= 0.6 is 0 Å². The van der Waals surface area contributed by atoms with Gasteiger partial charge in [-0.2, -0.15) is 0 Å². The smallest absolute Gasteiger partial charge is 0.245 e. The topological polar surface area (TPSA) is 92.5 Å². The molecule has 2 fully saturated rings. The van der Waals surface area contributed by atoms with Gasteiger partial charge in [0.05, 0.1) is 11.8 Å². The van der Waals surface area contributed by atoms with Gasteiger partial charge in [-0.15, -0.1) is 6.58 Å². The van der Waals surface area contributed by atoms with E-state index in [0.29, 0.717) is 25.2 Å². The molecule has 0 spiro atoms. The van der Waals surface area contributed by atoms with Gasteiger partial charge in [0.1, 0.15) is 6.04 Å². The van der Waals surface area contributed by atoms with Gasteiger partial charge in [0.15, 0.2) is 0 Å². The highest BCUT2D eigenvalue weighted by Crippen LogP contribution is 2.27. The fourth-order valence-electron chi connectivity index (χ4n) is 5.00. The van der Waals surface area contributed by atoms with Crippen LogP contribution in [0.15, 0.2) is 12.7 Å². The summed E-state index contributed by atoms with van der Waals surface area (Å²) in [4.78, 5) is 40.4. The van der Waals surface area contributed by atoms with Crippen molar-refractivity contribution in [1.82, 2.24) is 10.2 Å². The molecule has 0 unspecified atom stereocenters. The van der Waals surface area contributed by atoms with E-state index in [-0.39, 0.29) is 17.7 Å². The van der Waals surface area contributed by atoms with Crippen molar-refractivity contribution in [2.24, 2.45) is 29.4 Å². The summed E-state index contributed by atoms with van der Waals surface area (Å²) in [6.45, 7) is 9.34. The molecule has 1 saturated carbocycles. The molecule has 0 bridgehead atoms. The Morgan fingerprint density at radius 3 is 2.40 bits per heavy atom. The monoisotopic (exact) mass is 419 g/mol. The Hall–Kier alpha value is -1.85. The van der Waals surface area contributed by atoms with E-state index < -0.39 is 23.8 Å². The maximum atomic E-state index is 13.2. The molecule has 3 N–H and O–H groups in total. The van der Waals surface area contributed by atoms with Crippen LogP contribution in [-0.4, -0.2) is 41.8 Å². The third-order valence-electron chi connectivity index (χ3n) is 6.63. The molecular weight excluding hydrogens is 378 g/mol. The van der Waals surface area contributed by atoms with Gasteiger partial charge in [-0.1, -0.05) is 39.2 Å². The number of hydrogen-bond acceptors (Lipinski definition) is 3. The Labute approximate surface area is 182 Å². The third kappa shape index (κ3) is 7.13. The summed E-state index contributed by atoms with van der Waals surface area (Å²) in [5.74, 6) is -0.992. The number of nitrogens with zero attached hydrogens (tertiary/aromatic N) is 1. The van der Waals surface area contributed by atoms with Gasteiger partial charge < -0.3 is 16.0 Å². The highest BCUT2D eigenvalue weighted by Gasteiger charge is 2.36. The minimum absolute atomic E-state index is 0.0362.